The van der Waals surface area contributed by atoms with E-state index in [1.54, 1.807) is 37.4 Å². The van der Waals surface area contributed by atoms with Crippen molar-refractivity contribution in [3.05, 3.63) is 20.8 Å². The van der Waals surface area contributed by atoms with Crippen LogP contribution in [0.4, 0.5) is 0 Å². The molecule has 9 heteroatoms. The Morgan fingerprint density at radius 1 is 1.35 bits per heavy atom. The van der Waals surface area contributed by atoms with Crippen LogP contribution in [0.25, 0.3) is 0 Å². The number of piperazine rings is 1. The van der Waals surface area contributed by atoms with Crippen molar-refractivity contribution in [2.75, 3.05) is 67.1 Å². The molecular weight excluding hydrogens is 418 g/mol. The van der Waals surface area contributed by atoms with Crippen molar-refractivity contribution >= 4 is 39.1 Å². The number of guanidine groups is 1. The van der Waals surface area contributed by atoms with E-state index in [-0.39, 0.29) is 12.5 Å². The molecule has 2 rings (SSSR count). The average Bonchev–Trinajstić information content (AvgIpc) is 3.03. The number of halogens is 1. The van der Waals surface area contributed by atoms with E-state index < -0.39 is 0 Å². The van der Waals surface area contributed by atoms with Gasteiger partial charge in [-0.05, 0) is 28.1 Å². The smallest absolute Gasteiger partial charge is 0.243 e. The number of likely N-dealkylation sites (N-methyl/N-ethyl adjacent to an activating group) is 1. The number of carbonyl (C=O) groups excluding carboxylic acids is 1. The highest BCUT2D eigenvalue weighted by molar-refractivity contribution is 9.11. The predicted molar refractivity (Wildman–Crippen MR) is 110 cm³/mol. The highest BCUT2D eigenvalue weighted by atomic mass is 79.9. The Hall–Kier alpha value is -1.16. The molecular formula is C17H28BrN5O2S. The van der Waals surface area contributed by atoms with Gasteiger partial charge in [-0.25, -0.2) is 4.99 Å². The number of carbonyl (C=O) groups is 1. The molecule has 1 saturated heterocycles. The first-order valence-electron chi connectivity index (χ1n) is 8.68. The summed E-state index contributed by atoms with van der Waals surface area (Å²) in [6, 6.07) is 4.27. The summed E-state index contributed by atoms with van der Waals surface area (Å²) in [7, 11) is 5.17. The van der Waals surface area contributed by atoms with Gasteiger partial charge in [-0.3, -0.25) is 9.69 Å². The van der Waals surface area contributed by atoms with Crippen LogP contribution in [0.3, 0.4) is 0 Å². The van der Waals surface area contributed by atoms with E-state index in [1.165, 1.54) is 8.66 Å². The van der Waals surface area contributed by atoms with Crippen LogP contribution in [0.5, 0.6) is 0 Å². The van der Waals surface area contributed by atoms with E-state index in [9.17, 15) is 4.79 Å². The summed E-state index contributed by atoms with van der Waals surface area (Å²) in [5, 5.41) is 3.31. The molecule has 0 spiro atoms. The van der Waals surface area contributed by atoms with Crippen molar-refractivity contribution in [1.82, 2.24) is 20.0 Å². The molecule has 0 saturated carbocycles. The summed E-state index contributed by atoms with van der Waals surface area (Å²) < 4.78 is 6.28. The van der Waals surface area contributed by atoms with Gasteiger partial charge in [0.1, 0.15) is 6.54 Å². The molecule has 0 radical (unpaired) electrons. The molecule has 1 aromatic heterocycles. The Morgan fingerprint density at radius 2 is 2.08 bits per heavy atom. The molecule has 7 nitrogen and oxygen atoms in total. The maximum atomic E-state index is 11.9. The summed E-state index contributed by atoms with van der Waals surface area (Å²) >= 11 is 5.31. The number of hydrogen-bond acceptors (Lipinski definition) is 5. The number of hydrogen-bond donors (Lipinski definition) is 1. The van der Waals surface area contributed by atoms with E-state index in [4.69, 9.17) is 4.74 Å². The topological polar surface area (TPSA) is 60.4 Å². The van der Waals surface area contributed by atoms with Gasteiger partial charge in [-0.2, -0.15) is 0 Å². The van der Waals surface area contributed by atoms with Gasteiger partial charge in [0.2, 0.25) is 5.91 Å². The number of nitrogens with one attached hydrogen (secondary N) is 1. The van der Waals surface area contributed by atoms with Crippen LogP contribution in [-0.2, 0) is 16.1 Å². The largest absolute Gasteiger partial charge is 0.383 e. The Labute approximate surface area is 168 Å². The lowest BCUT2D eigenvalue weighted by Gasteiger charge is -2.36. The maximum Gasteiger partial charge on any atom is 0.243 e. The standard InChI is InChI=1S/C17H28BrN5O2S/c1-21(2)16(24)12-20-17(19-6-11-25-3)23-9-7-22(8-10-23)13-14-4-5-15(18)26-14/h4-5H,6-13H2,1-3H3,(H,19,20). The normalized spacial score (nSPS) is 16.0. The fourth-order valence-corrected chi connectivity index (χ4v) is 4.12. The zero-order valence-electron chi connectivity index (χ0n) is 15.7. The molecule has 1 amide bonds. The van der Waals surface area contributed by atoms with E-state index in [0.29, 0.717) is 13.2 Å². The number of methoxy groups -OCH3 is 1. The third kappa shape index (κ3) is 6.86. The molecule has 0 aliphatic carbocycles. The van der Waals surface area contributed by atoms with Gasteiger partial charge in [-0.1, -0.05) is 0 Å². The lowest BCUT2D eigenvalue weighted by molar-refractivity contribution is -0.127. The number of amides is 1. The molecule has 1 aromatic rings. The number of ether oxygens (including phenoxy) is 1. The molecule has 146 valence electrons. The Kier molecular flexibility index (Phi) is 8.83. The van der Waals surface area contributed by atoms with Crippen LogP contribution in [0.1, 0.15) is 4.88 Å². The minimum atomic E-state index is -0.00190. The summed E-state index contributed by atoms with van der Waals surface area (Å²) in [5.74, 6) is 0.786. The average molecular weight is 446 g/mol. The number of thiophene rings is 1. The molecule has 0 unspecified atom stereocenters. The fourth-order valence-electron chi connectivity index (χ4n) is 2.59. The summed E-state index contributed by atoms with van der Waals surface area (Å²) in [6.45, 7) is 6.15. The first-order valence-corrected chi connectivity index (χ1v) is 10.3. The van der Waals surface area contributed by atoms with E-state index in [1.807, 2.05) is 0 Å². The van der Waals surface area contributed by atoms with Crippen molar-refractivity contribution in [1.29, 1.82) is 0 Å². The van der Waals surface area contributed by atoms with Crippen LogP contribution in [0.15, 0.2) is 20.9 Å². The summed E-state index contributed by atoms with van der Waals surface area (Å²) in [5.41, 5.74) is 0. The van der Waals surface area contributed by atoms with E-state index >= 15 is 0 Å². The Bertz CT molecular complexity index is 600. The summed E-state index contributed by atoms with van der Waals surface area (Å²) in [4.78, 5) is 24.0. The highest BCUT2D eigenvalue weighted by Crippen LogP contribution is 2.23. The first kappa shape index (κ1) is 21.1. The second kappa shape index (κ2) is 10.9. The molecule has 1 aliphatic rings. The lowest BCUT2D eigenvalue weighted by atomic mass is 10.3. The Morgan fingerprint density at radius 3 is 2.65 bits per heavy atom. The fraction of sp³-hybridized carbons (Fsp3) is 0.647. The Balaban J connectivity index is 1.89. The lowest BCUT2D eigenvalue weighted by Crippen LogP contribution is -2.52. The van der Waals surface area contributed by atoms with Crippen molar-refractivity contribution in [3.63, 3.8) is 0 Å². The molecule has 0 atom stereocenters. The highest BCUT2D eigenvalue weighted by Gasteiger charge is 2.20. The minimum Gasteiger partial charge on any atom is -0.383 e. The molecule has 1 aliphatic heterocycles. The van der Waals surface area contributed by atoms with Crippen LogP contribution in [0.2, 0.25) is 0 Å². The number of aliphatic imine (C=N–C) groups is 1. The predicted octanol–water partition coefficient (Wildman–Crippen LogP) is 1.31. The van der Waals surface area contributed by atoms with Gasteiger partial charge < -0.3 is 19.9 Å². The first-order chi connectivity index (χ1) is 12.5. The molecule has 0 bridgehead atoms. The number of nitrogens with zero attached hydrogens (tertiary/aromatic N) is 4. The van der Waals surface area contributed by atoms with Crippen LogP contribution in [0, 0.1) is 0 Å². The second-order valence-electron chi connectivity index (χ2n) is 6.32. The monoisotopic (exact) mass is 445 g/mol. The van der Waals surface area contributed by atoms with Gasteiger partial charge in [0.05, 0.1) is 10.4 Å². The molecule has 26 heavy (non-hydrogen) atoms. The van der Waals surface area contributed by atoms with Crippen LogP contribution >= 0.6 is 27.3 Å². The molecule has 0 aromatic carbocycles. The van der Waals surface area contributed by atoms with E-state index in [0.717, 1.165) is 38.7 Å². The number of rotatable bonds is 7. The maximum absolute atomic E-state index is 11.9. The quantitative estimate of drug-likeness (QED) is 0.389. The SMILES string of the molecule is COCCNC(=NCC(=O)N(C)C)N1CCN(Cc2ccc(Br)s2)CC1. The van der Waals surface area contributed by atoms with Gasteiger partial charge in [0.25, 0.3) is 0 Å². The van der Waals surface area contributed by atoms with Crippen LogP contribution < -0.4 is 5.32 Å². The molecule has 1 N–H and O–H groups in total. The van der Waals surface area contributed by atoms with Crippen molar-refractivity contribution in [2.24, 2.45) is 4.99 Å². The summed E-state index contributed by atoms with van der Waals surface area (Å²) in [6.07, 6.45) is 0. The second-order valence-corrected chi connectivity index (χ2v) is 8.86. The van der Waals surface area contributed by atoms with Gasteiger partial charge in [-0.15, -0.1) is 11.3 Å². The van der Waals surface area contributed by atoms with Crippen molar-refractivity contribution < 1.29 is 9.53 Å². The van der Waals surface area contributed by atoms with Gasteiger partial charge >= 0.3 is 0 Å². The molecule has 2 heterocycles. The zero-order chi connectivity index (χ0) is 18.9. The third-order valence-corrected chi connectivity index (χ3v) is 5.74. The van der Waals surface area contributed by atoms with Crippen molar-refractivity contribution in [2.45, 2.75) is 6.54 Å². The third-order valence-electron chi connectivity index (χ3n) is 4.13. The zero-order valence-corrected chi connectivity index (χ0v) is 18.1. The van der Waals surface area contributed by atoms with E-state index in [2.05, 4.69) is 48.2 Å². The minimum absolute atomic E-state index is 0.00190. The van der Waals surface area contributed by atoms with Crippen LogP contribution in [-0.4, -0.2) is 93.6 Å². The van der Waals surface area contributed by atoms with Gasteiger partial charge in [0.15, 0.2) is 5.96 Å². The van der Waals surface area contributed by atoms with Crippen molar-refractivity contribution in [3.8, 4) is 0 Å². The molecule has 1 fully saturated rings. The van der Waals surface area contributed by atoms with Gasteiger partial charge in [0, 0.05) is 65.4 Å².